The highest BCUT2D eigenvalue weighted by Crippen LogP contribution is 2.31. The van der Waals surface area contributed by atoms with Crippen LogP contribution in [0.25, 0.3) is 16.8 Å². The van der Waals surface area contributed by atoms with Crippen LogP contribution in [-0.2, 0) is 11.2 Å². The van der Waals surface area contributed by atoms with E-state index in [0.29, 0.717) is 24.0 Å². The molecule has 3 heterocycles. The normalized spacial score (nSPS) is 15.1. The van der Waals surface area contributed by atoms with E-state index in [2.05, 4.69) is 65.2 Å². The Morgan fingerprint density at radius 2 is 2.11 bits per heavy atom. The Morgan fingerprint density at radius 3 is 2.84 bits per heavy atom. The molecule has 0 aliphatic carbocycles. The number of pyridine rings is 2. The predicted octanol–water partition coefficient (Wildman–Crippen LogP) is 5.83. The number of halogens is 1. The number of hydrogen-bond acceptors (Lipinski definition) is 6. The number of ether oxygens (including phenoxy) is 1. The van der Waals surface area contributed by atoms with Gasteiger partial charge in [0.15, 0.2) is 0 Å². The Labute approximate surface area is 220 Å². The lowest BCUT2D eigenvalue weighted by molar-refractivity contribution is 0.205. The van der Waals surface area contributed by atoms with Gasteiger partial charge in [0.1, 0.15) is 11.6 Å². The fourth-order valence-corrected chi connectivity index (χ4v) is 4.80. The van der Waals surface area contributed by atoms with Crippen molar-refractivity contribution >= 4 is 17.2 Å². The molecule has 0 saturated carbocycles. The number of aryl methyl sites for hydroxylation is 2. The molecule has 2 aromatic heterocycles. The van der Waals surface area contributed by atoms with Gasteiger partial charge in [-0.1, -0.05) is 12.6 Å². The summed E-state index contributed by atoms with van der Waals surface area (Å²) >= 11 is 0. The highest BCUT2D eigenvalue weighted by atomic mass is 19.1. The molecule has 1 unspecified atom stereocenters. The Kier molecular flexibility index (Phi) is 9.25. The summed E-state index contributed by atoms with van der Waals surface area (Å²) in [6, 6.07) is 13.9. The van der Waals surface area contributed by atoms with Gasteiger partial charge in [-0.2, -0.15) is 0 Å². The molecule has 6 nitrogen and oxygen atoms in total. The van der Waals surface area contributed by atoms with Crippen LogP contribution in [0.1, 0.15) is 43.1 Å². The maximum atomic E-state index is 13.7. The SMILES string of the molecule is C=C(Nc1ccc(C)c(-c2cc(CCC3CCCN3)nc(N(CC)CCOC)c2)c1)c1cc(F)ccn1. The number of anilines is 2. The second kappa shape index (κ2) is 12.8. The lowest BCUT2D eigenvalue weighted by Crippen LogP contribution is -2.28. The average Bonchev–Trinajstić information content (AvgIpc) is 3.43. The molecule has 4 rings (SSSR count). The maximum absolute atomic E-state index is 13.7. The van der Waals surface area contributed by atoms with Crippen molar-refractivity contribution in [2.24, 2.45) is 0 Å². The third-order valence-corrected chi connectivity index (χ3v) is 6.92. The summed E-state index contributed by atoms with van der Waals surface area (Å²) in [4.78, 5) is 11.6. The molecule has 1 aliphatic heterocycles. The standard InChI is InChI=1S/C30H38FN5O/c1-5-36(15-16-37-4)30-18-23(17-26(35-30)11-10-25-7-6-13-32-25)28-20-27(9-8-21(28)2)34-22(3)29-19-24(31)12-14-33-29/h8-9,12,14,17-20,25,32,34H,3,5-7,10-11,13,15-16H2,1-2,4H3. The van der Waals surface area contributed by atoms with E-state index in [-0.39, 0.29) is 5.82 Å². The monoisotopic (exact) mass is 503 g/mol. The van der Waals surface area contributed by atoms with E-state index in [1.165, 1.54) is 36.7 Å². The van der Waals surface area contributed by atoms with Crippen LogP contribution in [0.4, 0.5) is 15.9 Å². The number of nitrogens with zero attached hydrogens (tertiary/aromatic N) is 3. The summed E-state index contributed by atoms with van der Waals surface area (Å²) in [5.41, 5.74) is 6.42. The molecule has 0 amide bonds. The van der Waals surface area contributed by atoms with Crippen molar-refractivity contribution < 1.29 is 9.13 Å². The van der Waals surface area contributed by atoms with Crippen molar-refractivity contribution in [3.63, 3.8) is 0 Å². The van der Waals surface area contributed by atoms with E-state index in [9.17, 15) is 4.39 Å². The summed E-state index contributed by atoms with van der Waals surface area (Å²) in [5.74, 6) is 0.633. The lowest BCUT2D eigenvalue weighted by Gasteiger charge is -2.24. The molecule has 3 aromatic rings. The summed E-state index contributed by atoms with van der Waals surface area (Å²) < 4.78 is 19.0. The van der Waals surface area contributed by atoms with E-state index in [1.807, 2.05) is 6.07 Å². The van der Waals surface area contributed by atoms with Crippen LogP contribution in [0.3, 0.4) is 0 Å². The maximum Gasteiger partial charge on any atom is 0.129 e. The summed E-state index contributed by atoms with van der Waals surface area (Å²) in [6.45, 7) is 11.7. The van der Waals surface area contributed by atoms with Gasteiger partial charge < -0.3 is 20.3 Å². The molecule has 196 valence electrons. The number of benzene rings is 1. The first-order valence-corrected chi connectivity index (χ1v) is 13.1. The van der Waals surface area contributed by atoms with Crippen LogP contribution < -0.4 is 15.5 Å². The van der Waals surface area contributed by atoms with Crippen LogP contribution >= 0.6 is 0 Å². The predicted molar refractivity (Wildman–Crippen MR) is 150 cm³/mol. The Balaban J connectivity index is 1.64. The fourth-order valence-electron chi connectivity index (χ4n) is 4.80. The Bertz CT molecular complexity index is 1210. The van der Waals surface area contributed by atoms with Gasteiger partial charge in [-0.05, 0) is 93.1 Å². The minimum Gasteiger partial charge on any atom is -0.383 e. The second-order valence-electron chi connectivity index (χ2n) is 9.60. The molecule has 0 radical (unpaired) electrons. The molecule has 1 atom stereocenters. The van der Waals surface area contributed by atoms with Gasteiger partial charge in [0.25, 0.3) is 0 Å². The van der Waals surface area contributed by atoms with Crippen LogP contribution in [0.5, 0.6) is 0 Å². The number of likely N-dealkylation sites (N-methyl/N-ethyl adjacent to an activating group) is 1. The molecule has 37 heavy (non-hydrogen) atoms. The van der Waals surface area contributed by atoms with Gasteiger partial charge in [-0.3, -0.25) is 4.98 Å². The topological polar surface area (TPSA) is 62.3 Å². The fraction of sp³-hybridized carbons (Fsp3) is 0.400. The van der Waals surface area contributed by atoms with Gasteiger partial charge in [0.2, 0.25) is 0 Å². The minimum atomic E-state index is -0.337. The quantitative estimate of drug-likeness (QED) is 0.324. The van der Waals surface area contributed by atoms with Crippen LogP contribution in [0.15, 0.2) is 55.2 Å². The first-order valence-electron chi connectivity index (χ1n) is 13.1. The van der Waals surface area contributed by atoms with Crippen LogP contribution in [0, 0.1) is 12.7 Å². The Hall–Kier alpha value is -3.29. The zero-order valence-corrected chi connectivity index (χ0v) is 22.2. The first-order chi connectivity index (χ1) is 18.0. The van der Waals surface area contributed by atoms with Crippen molar-refractivity contribution in [1.29, 1.82) is 0 Å². The highest BCUT2D eigenvalue weighted by Gasteiger charge is 2.17. The lowest BCUT2D eigenvalue weighted by atomic mass is 9.98. The summed E-state index contributed by atoms with van der Waals surface area (Å²) in [7, 11) is 1.73. The van der Waals surface area contributed by atoms with Gasteiger partial charge in [0, 0.05) is 49.9 Å². The van der Waals surface area contributed by atoms with Crippen molar-refractivity contribution in [1.82, 2.24) is 15.3 Å². The molecule has 1 aromatic carbocycles. The molecular formula is C30H38FN5O. The first kappa shape index (κ1) is 26.8. The van der Waals surface area contributed by atoms with E-state index in [0.717, 1.165) is 60.8 Å². The number of rotatable bonds is 12. The van der Waals surface area contributed by atoms with E-state index in [1.54, 1.807) is 7.11 Å². The molecule has 1 aliphatic rings. The zero-order chi connectivity index (χ0) is 26.2. The van der Waals surface area contributed by atoms with E-state index < -0.39 is 0 Å². The third kappa shape index (κ3) is 7.14. The van der Waals surface area contributed by atoms with Crippen LogP contribution in [0.2, 0.25) is 0 Å². The smallest absolute Gasteiger partial charge is 0.129 e. The molecule has 0 bridgehead atoms. The summed E-state index contributed by atoms with van der Waals surface area (Å²) in [5, 5.41) is 6.90. The molecule has 1 fully saturated rings. The van der Waals surface area contributed by atoms with Gasteiger partial charge in [-0.25, -0.2) is 9.37 Å². The van der Waals surface area contributed by atoms with Crippen molar-refractivity contribution in [3.05, 3.63) is 78.0 Å². The van der Waals surface area contributed by atoms with Crippen molar-refractivity contribution in [2.45, 2.75) is 45.6 Å². The third-order valence-electron chi connectivity index (χ3n) is 6.92. The second-order valence-corrected chi connectivity index (χ2v) is 9.60. The van der Waals surface area contributed by atoms with E-state index >= 15 is 0 Å². The molecule has 2 N–H and O–H groups in total. The Morgan fingerprint density at radius 1 is 1.24 bits per heavy atom. The number of methoxy groups -OCH3 is 1. The largest absolute Gasteiger partial charge is 0.383 e. The van der Waals surface area contributed by atoms with Gasteiger partial charge in [-0.15, -0.1) is 0 Å². The average molecular weight is 504 g/mol. The minimum absolute atomic E-state index is 0.337. The van der Waals surface area contributed by atoms with Gasteiger partial charge >= 0.3 is 0 Å². The van der Waals surface area contributed by atoms with Crippen molar-refractivity contribution in [3.8, 4) is 11.1 Å². The molecule has 0 spiro atoms. The van der Waals surface area contributed by atoms with Gasteiger partial charge in [0.05, 0.1) is 18.0 Å². The zero-order valence-electron chi connectivity index (χ0n) is 22.2. The summed E-state index contributed by atoms with van der Waals surface area (Å²) in [6.07, 6.45) is 5.95. The highest BCUT2D eigenvalue weighted by molar-refractivity contribution is 5.79. The van der Waals surface area contributed by atoms with E-state index in [4.69, 9.17) is 9.72 Å². The number of hydrogen-bond donors (Lipinski definition) is 2. The van der Waals surface area contributed by atoms with Crippen molar-refractivity contribution in [2.75, 3.05) is 43.6 Å². The number of nitrogens with one attached hydrogen (secondary N) is 2. The number of aromatic nitrogens is 2. The van der Waals surface area contributed by atoms with Crippen LogP contribution in [-0.4, -0.2) is 49.4 Å². The molecule has 1 saturated heterocycles. The molecular weight excluding hydrogens is 465 g/mol. The molecule has 7 heteroatoms.